The number of carbonyl (C=O) groups excluding carboxylic acids is 1. The van der Waals surface area contributed by atoms with Gasteiger partial charge in [0.05, 0.1) is 11.1 Å². The average molecular weight is 409 g/mol. The maximum absolute atomic E-state index is 12.2. The lowest BCUT2D eigenvalue weighted by atomic mass is 9.79. The van der Waals surface area contributed by atoms with Crippen molar-refractivity contribution in [2.75, 3.05) is 11.4 Å². The number of benzene rings is 2. The van der Waals surface area contributed by atoms with Crippen molar-refractivity contribution in [2.45, 2.75) is 52.5 Å². The summed E-state index contributed by atoms with van der Waals surface area (Å²) in [5.41, 5.74) is 7.48. The minimum Gasteiger partial charge on any atom is -0.366 e. The highest BCUT2D eigenvalue weighted by Crippen LogP contribution is 2.43. The number of hydrogen-bond acceptors (Lipinski definition) is 5. The molecule has 0 radical (unpaired) electrons. The molecule has 1 N–H and O–H groups in total. The van der Waals surface area contributed by atoms with Crippen LogP contribution < -0.4 is 10.3 Å². The number of anilines is 1. The number of nitrogens with zero attached hydrogens (tertiary/aromatic N) is 3. The van der Waals surface area contributed by atoms with E-state index in [-0.39, 0.29) is 11.2 Å². The first-order chi connectivity index (χ1) is 14.1. The van der Waals surface area contributed by atoms with Crippen molar-refractivity contribution >= 4 is 23.5 Å². The Bertz CT molecular complexity index is 996. The molecular weight excluding hydrogens is 380 g/mol. The van der Waals surface area contributed by atoms with Crippen LogP contribution in [0.3, 0.4) is 0 Å². The van der Waals surface area contributed by atoms with Crippen molar-refractivity contribution in [3.05, 3.63) is 68.8 Å². The number of non-ortho nitro benzene ring substituents is 1. The number of aryl methyl sites for hydroxylation is 1. The van der Waals surface area contributed by atoms with Crippen LogP contribution in [0.4, 0.5) is 11.4 Å². The van der Waals surface area contributed by atoms with Gasteiger partial charge in [-0.05, 0) is 81.0 Å². The first-order valence-corrected chi connectivity index (χ1v) is 10.1. The Hall–Kier alpha value is -3.22. The number of nitro benzene ring substituents is 1. The number of rotatable bonds is 5. The van der Waals surface area contributed by atoms with Gasteiger partial charge in [-0.15, -0.1) is 0 Å². The van der Waals surface area contributed by atoms with Gasteiger partial charge in [0, 0.05) is 35.5 Å². The Labute approximate surface area is 176 Å². The van der Waals surface area contributed by atoms with E-state index in [9.17, 15) is 14.9 Å². The van der Waals surface area contributed by atoms with Crippen LogP contribution in [0.5, 0.6) is 0 Å². The Morgan fingerprint density at radius 1 is 1.33 bits per heavy atom. The first kappa shape index (κ1) is 21.5. The highest BCUT2D eigenvalue weighted by atomic mass is 16.6. The average Bonchev–Trinajstić information content (AvgIpc) is 2.68. The van der Waals surface area contributed by atoms with Crippen molar-refractivity contribution in [3.63, 3.8) is 0 Å². The van der Waals surface area contributed by atoms with Crippen LogP contribution in [-0.4, -0.2) is 29.1 Å². The molecule has 1 heterocycles. The summed E-state index contributed by atoms with van der Waals surface area (Å²) >= 11 is 0. The largest absolute Gasteiger partial charge is 0.366 e. The summed E-state index contributed by atoms with van der Waals surface area (Å²) in [6.07, 6.45) is 2.73. The van der Waals surface area contributed by atoms with Gasteiger partial charge >= 0.3 is 0 Å². The van der Waals surface area contributed by atoms with Crippen molar-refractivity contribution in [2.24, 2.45) is 5.10 Å². The van der Waals surface area contributed by atoms with Crippen LogP contribution in [0.25, 0.3) is 0 Å². The van der Waals surface area contributed by atoms with Crippen molar-refractivity contribution in [1.82, 2.24) is 5.43 Å². The van der Waals surface area contributed by atoms with Crippen molar-refractivity contribution in [1.29, 1.82) is 0 Å². The fourth-order valence-electron chi connectivity index (χ4n) is 4.35. The Morgan fingerprint density at radius 3 is 2.60 bits per heavy atom. The van der Waals surface area contributed by atoms with E-state index in [1.54, 1.807) is 6.21 Å². The molecule has 1 aliphatic heterocycles. The van der Waals surface area contributed by atoms with Gasteiger partial charge in [-0.1, -0.05) is 6.92 Å². The molecule has 0 spiro atoms. The maximum Gasteiger partial charge on any atom is 0.271 e. The minimum atomic E-state index is -0.500. The predicted molar refractivity (Wildman–Crippen MR) is 119 cm³/mol. The molecule has 0 aliphatic carbocycles. The van der Waals surface area contributed by atoms with Gasteiger partial charge in [-0.2, -0.15) is 5.10 Å². The first-order valence-electron chi connectivity index (χ1n) is 10.1. The molecule has 2 aromatic carbocycles. The van der Waals surface area contributed by atoms with E-state index < -0.39 is 10.8 Å². The summed E-state index contributed by atoms with van der Waals surface area (Å²) in [5.74, 6) is 0.0179. The summed E-state index contributed by atoms with van der Waals surface area (Å²) in [6.45, 7) is 12.0. The molecule has 158 valence electrons. The molecule has 1 atom stereocenters. The lowest BCUT2D eigenvalue weighted by Gasteiger charge is -2.47. The van der Waals surface area contributed by atoms with E-state index in [0.717, 1.165) is 24.1 Å². The molecule has 30 heavy (non-hydrogen) atoms. The highest BCUT2D eigenvalue weighted by molar-refractivity contribution is 5.95. The van der Waals surface area contributed by atoms with E-state index >= 15 is 0 Å². The second-order valence-corrected chi connectivity index (χ2v) is 8.43. The number of carbonyl (C=O) groups is 1. The second kappa shape index (κ2) is 8.26. The zero-order valence-corrected chi connectivity index (χ0v) is 18.1. The number of hydrazone groups is 1. The monoisotopic (exact) mass is 408 g/mol. The molecule has 3 rings (SSSR count). The SMILES string of the molecule is CCN1c2cc(C)c(/C=N\NC(=O)c3ccc([N+](=O)[O-])cc3)cc2[C@H](C)CC1(C)C. The normalized spacial score (nSPS) is 17.6. The lowest BCUT2D eigenvalue weighted by Crippen LogP contribution is -2.48. The Morgan fingerprint density at radius 2 is 2.00 bits per heavy atom. The maximum atomic E-state index is 12.2. The molecule has 7 nitrogen and oxygen atoms in total. The number of fused-ring (bicyclic) bond motifs is 1. The number of nitro groups is 1. The van der Waals surface area contributed by atoms with Crippen LogP contribution in [0.2, 0.25) is 0 Å². The summed E-state index contributed by atoms with van der Waals surface area (Å²) in [6, 6.07) is 9.79. The molecule has 7 heteroatoms. The highest BCUT2D eigenvalue weighted by Gasteiger charge is 2.35. The topological polar surface area (TPSA) is 87.8 Å². The van der Waals surface area contributed by atoms with Gasteiger partial charge in [0.2, 0.25) is 0 Å². The van der Waals surface area contributed by atoms with Gasteiger partial charge in [-0.25, -0.2) is 5.43 Å². The third-order valence-electron chi connectivity index (χ3n) is 5.80. The van der Waals surface area contributed by atoms with Crippen LogP contribution >= 0.6 is 0 Å². The molecule has 1 aliphatic rings. The fraction of sp³-hybridized carbons (Fsp3) is 0.391. The third-order valence-corrected chi connectivity index (χ3v) is 5.80. The fourth-order valence-corrected chi connectivity index (χ4v) is 4.35. The predicted octanol–water partition coefficient (Wildman–Crippen LogP) is 4.78. The van der Waals surface area contributed by atoms with E-state index in [0.29, 0.717) is 11.5 Å². The molecule has 0 saturated heterocycles. The standard InChI is InChI=1S/C23H28N4O3/c1-6-26-21-11-15(2)18(12-20(21)16(3)13-23(26,4)5)14-24-25-22(28)17-7-9-19(10-8-17)27(29)30/h7-12,14,16H,6,13H2,1-5H3,(H,25,28)/b24-14-/t16-/m1/s1. The Balaban J connectivity index is 1.79. The van der Waals surface area contributed by atoms with Crippen LogP contribution in [-0.2, 0) is 0 Å². The van der Waals surface area contributed by atoms with Gasteiger partial charge in [0.1, 0.15) is 0 Å². The smallest absolute Gasteiger partial charge is 0.271 e. The van der Waals surface area contributed by atoms with Gasteiger partial charge < -0.3 is 4.90 Å². The summed E-state index contributed by atoms with van der Waals surface area (Å²) in [5, 5.41) is 14.8. The molecule has 0 fully saturated rings. The van der Waals surface area contributed by atoms with Crippen LogP contribution in [0.1, 0.15) is 67.1 Å². The van der Waals surface area contributed by atoms with Crippen LogP contribution in [0, 0.1) is 17.0 Å². The van der Waals surface area contributed by atoms with Gasteiger partial charge in [0.15, 0.2) is 0 Å². The summed E-state index contributed by atoms with van der Waals surface area (Å²) in [7, 11) is 0. The number of nitrogens with one attached hydrogen (secondary N) is 1. The molecule has 2 aromatic rings. The third kappa shape index (κ3) is 4.20. The van der Waals surface area contributed by atoms with E-state index in [2.05, 4.69) is 55.3 Å². The zero-order chi connectivity index (χ0) is 22.1. The summed E-state index contributed by atoms with van der Waals surface area (Å²) in [4.78, 5) is 24.9. The van der Waals surface area contributed by atoms with Gasteiger partial charge in [0.25, 0.3) is 11.6 Å². The van der Waals surface area contributed by atoms with Crippen LogP contribution in [0.15, 0.2) is 41.5 Å². The molecule has 0 aromatic heterocycles. The summed E-state index contributed by atoms with van der Waals surface area (Å²) < 4.78 is 0. The number of amides is 1. The quantitative estimate of drug-likeness (QED) is 0.438. The van der Waals surface area contributed by atoms with E-state index in [1.807, 2.05) is 6.92 Å². The lowest BCUT2D eigenvalue weighted by molar-refractivity contribution is -0.384. The molecular formula is C23H28N4O3. The second-order valence-electron chi connectivity index (χ2n) is 8.43. The molecule has 0 unspecified atom stereocenters. The van der Waals surface area contributed by atoms with Crippen molar-refractivity contribution in [3.8, 4) is 0 Å². The minimum absolute atomic E-state index is 0.0573. The number of hydrogen-bond donors (Lipinski definition) is 1. The van der Waals surface area contributed by atoms with E-state index in [4.69, 9.17) is 0 Å². The van der Waals surface area contributed by atoms with Crippen molar-refractivity contribution < 1.29 is 9.72 Å². The van der Waals surface area contributed by atoms with E-state index in [1.165, 1.54) is 35.5 Å². The Kier molecular flexibility index (Phi) is 5.92. The van der Waals surface area contributed by atoms with Gasteiger partial charge in [-0.3, -0.25) is 14.9 Å². The zero-order valence-electron chi connectivity index (χ0n) is 18.1. The molecule has 1 amide bonds. The molecule has 0 saturated carbocycles. The molecule has 0 bridgehead atoms.